The Morgan fingerprint density at radius 2 is 1.54 bits per heavy atom. The number of alkyl halides is 3. The Kier molecular flexibility index (Phi) is 9.33. The third-order valence-electron chi connectivity index (χ3n) is 7.05. The Morgan fingerprint density at radius 3 is 2.16 bits per heavy atom. The van der Waals surface area contributed by atoms with Crippen molar-refractivity contribution < 1.29 is 18.0 Å². The number of halogens is 3. The zero-order chi connectivity index (χ0) is 26.3. The number of piperidine rings is 1. The fourth-order valence-electron chi connectivity index (χ4n) is 4.90. The molecule has 37 heavy (non-hydrogen) atoms. The van der Waals surface area contributed by atoms with Gasteiger partial charge in [0, 0.05) is 17.0 Å². The molecule has 7 heteroatoms. The molecule has 1 saturated heterocycles. The van der Waals surface area contributed by atoms with Crippen LogP contribution < -0.4 is 5.32 Å². The van der Waals surface area contributed by atoms with Gasteiger partial charge in [-0.25, -0.2) is 0 Å². The van der Waals surface area contributed by atoms with Crippen molar-refractivity contribution in [1.82, 2.24) is 10.2 Å². The minimum Gasteiger partial charge on any atom is -0.352 e. The van der Waals surface area contributed by atoms with E-state index in [0.29, 0.717) is 23.6 Å². The van der Waals surface area contributed by atoms with Gasteiger partial charge in [-0.15, -0.1) is 11.8 Å². The summed E-state index contributed by atoms with van der Waals surface area (Å²) in [6.07, 6.45) is 2.14. The molecule has 0 radical (unpaired) electrons. The maximum atomic E-state index is 12.8. The molecule has 3 aromatic rings. The summed E-state index contributed by atoms with van der Waals surface area (Å²) >= 11 is 1.83. The van der Waals surface area contributed by atoms with Gasteiger partial charge in [-0.2, -0.15) is 13.2 Å². The van der Waals surface area contributed by atoms with Crippen LogP contribution in [0.5, 0.6) is 0 Å². The molecule has 1 N–H and O–H groups in total. The van der Waals surface area contributed by atoms with Crippen LogP contribution in [0.25, 0.3) is 11.1 Å². The number of hydrogen-bond donors (Lipinski definition) is 1. The quantitative estimate of drug-likeness (QED) is 0.232. The first-order chi connectivity index (χ1) is 17.8. The maximum absolute atomic E-state index is 12.8. The highest BCUT2D eigenvalue weighted by Crippen LogP contribution is 2.34. The van der Waals surface area contributed by atoms with Crippen molar-refractivity contribution in [2.45, 2.75) is 42.7 Å². The molecule has 1 aliphatic heterocycles. The Labute approximate surface area is 221 Å². The smallest absolute Gasteiger partial charge is 0.352 e. The third-order valence-corrected chi connectivity index (χ3v) is 7.86. The molecule has 1 fully saturated rings. The topological polar surface area (TPSA) is 32.3 Å². The van der Waals surface area contributed by atoms with Gasteiger partial charge in [-0.05, 0) is 105 Å². The molecule has 0 unspecified atom stereocenters. The molecule has 1 aliphatic rings. The summed E-state index contributed by atoms with van der Waals surface area (Å²) in [6.45, 7) is 3.90. The molecule has 0 aliphatic carbocycles. The molecule has 0 spiro atoms. The number of rotatable bonds is 9. The lowest BCUT2D eigenvalue weighted by Gasteiger charge is -2.32. The Bertz CT molecular complexity index is 1150. The average Bonchev–Trinajstić information content (AvgIpc) is 2.93. The number of likely N-dealkylation sites (tertiary alicyclic amines) is 1. The molecule has 0 bridgehead atoms. The van der Waals surface area contributed by atoms with E-state index in [0.717, 1.165) is 50.2 Å². The second kappa shape index (κ2) is 12.7. The first-order valence-corrected chi connectivity index (χ1v) is 14.0. The second-order valence-electron chi connectivity index (χ2n) is 9.47. The van der Waals surface area contributed by atoms with Crippen molar-refractivity contribution in [3.63, 3.8) is 0 Å². The molecule has 1 amide bonds. The molecule has 4 rings (SSSR count). The number of nitrogens with one attached hydrogen (secondary N) is 1. The average molecular weight is 527 g/mol. The van der Waals surface area contributed by atoms with E-state index in [-0.39, 0.29) is 5.91 Å². The number of thioether (sulfide) groups is 1. The monoisotopic (exact) mass is 526 g/mol. The van der Waals surface area contributed by atoms with Gasteiger partial charge in [0.2, 0.25) is 0 Å². The zero-order valence-corrected chi connectivity index (χ0v) is 21.9. The van der Waals surface area contributed by atoms with Gasteiger partial charge in [-0.1, -0.05) is 42.5 Å². The molecule has 0 atom stereocenters. The lowest BCUT2D eigenvalue weighted by molar-refractivity contribution is -0.137. The van der Waals surface area contributed by atoms with Crippen LogP contribution in [0.4, 0.5) is 13.2 Å². The van der Waals surface area contributed by atoms with E-state index in [1.807, 2.05) is 11.8 Å². The van der Waals surface area contributed by atoms with Gasteiger partial charge < -0.3 is 10.2 Å². The fraction of sp³-hybridized carbons (Fsp3) is 0.367. The largest absolute Gasteiger partial charge is 0.416 e. The van der Waals surface area contributed by atoms with Crippen molar-refractivity contribution in [3.05, 3.63) is 89.5 Å². The maximum Gasteiger partial charge on any atom is 0.416 e. The summed E-state index contributed by atoms with van der Waals surface area (Å²) in [7, 11) is 0. The van der Waals surface area contributed by atoms with Crippen molar-refractivity contribution in [2.75, 3.05) is 32.4 Å². The first kappa shape index (κ1) is 27.3. The van der Waals surface area contributed by atoms with Crippen LogP contribution in [0.15, 0.2) is 77.7 Å². The van der Waals surface area contributed by atoms with E-state index in [1.54, 1.807) is 24.3 Å². The number of carbonyl (C=O) groups is 1. The summed E-state index contributed by atoms with van der Waals surface area (Å²) in [4.78, 5) is 16.4. The molecule has 1 heterocycles. The molecule has 196 valence electrons. The second-order valence-corrected chi connectivity index (χ2v) is 10.3. The van der Waals surface area contributed by atoms with Crippen LogP contribution in [0.2, 0.25) is 0 Å². The SMILES string of the molecule is CSc1ccccc1C1CCN(CCCCNC(=O)c2ccc(-c3ccc(C(F)(F)F)cc3)cc2)CC1. The summed E-state index contributed by atoms with van der Waals surface area (Å²) in [5.41, 5.74) is 2.81. The van der Waals surface area contributed by atoms with Crippen molar-refractivity contribution >= 4 is 17.7 Å². The Balaban J connectivity index is 1.15. The molecule has 0 aromatic heterocycles. The molecule has 3 aromatic carbocycles. The van der Waals surface area contributed by atoms with Gasteiger partial charge in [0.15, 0.2) is 0 Å². The molecular weight excluding hydrogens is 493 g/mol. The van der Waals surface area contributed by atoms with Crippen LogP contribution in [-0.4, -0.2) is 43.2 Å². The van der Waals surface area contributed by atoms with Crippen LogP contribution in [0, 0.1) is 0 Å². The third kappa shape index (κ3) is 7.39. The summed E-state index contributed by atoms with van der Waals surface area (Å²) in [5.74, 6) is 0.511. The van der Waals surface area contributed by atoms with E-state index in [2.05, 4.69) is 40.7 Å². The highest BCUT2D eigenvalue weighted by atomic mass is 32.2. The fourth-order valence-corrected chi connectivity index (χ4v) is 5.59. The standard InChI is InChI=1S/C30H33F3N2OS/c1-37-28-7-3-2-6-27(28)24-16-20-35(21-17-24)19-5-4-18-34-29(36)25-10-8-22(9-11-25)23-12-14-26(15-13-23)30(31,32)33/h2-3,6-15,24H,4-5,16-21H2,1H3,(H,34,36). The predicted octanol–water partition coefficient (Wildman–Crippen LogP) is 7.48. The van der Waals surface area contributed by atoms with E-state index in [9.17, 15) is 18.0 Å². The number of benzene rings is 3. The molecular formula is C30H33F3N2OS. The number of amides is 1. The highest BCUT2D eigenvalue weighted by molar-refractivity contribution is 7.98. The van der Waals surface area contributed by atoms with E-state index < -0.39 is 11.7 Å². The summed E-state index contributed by atoms with van der Waals surface area (Å²) in [5, 5.41) is 2.98. The predicted molar refractivity (Wildman–Crippen MR) is 145 cm³/mol. The minimum absolute atomic E-state index is 0.132. The van der Waals surface area contributed by atoms with Gasteiger partial charge in [0.1, 0.15) is 0 Å². The van der Waals surface area contributed by atoms with Gasteiger partial charge in [-0.3, -0.25) is 4.79 Å². The summed E-state index contributed by atoms with van der Waals surface area (Å²) in [6, 6.07) is 20.7. The first-order valence-electron chi connectivity index (χ1n) is 12.8. The number of carbonyl (C=O) groups excluding carboxylic acids is 1. The van der Waals surface area contributed by atoms with Gasteiger partial charge in [0.05, 0.1) is 5.56 Å². The Morgan fingerprint density at radius 1 is 0.919 bits per heavy atom. The van der Waals surface area contributed by atoms with Crippen molar-refractivity contribution in [2.24, 2.45) is 0 Å². The normalized spacial score (nSPS) is 15.0. The van der Waals surface area contributed by atoms with Crippen LogP contribution >= 0.6 is 11.8 Å². The van der Waals surface area contributed by atoms with Crippen LogP contribution in [0.1, 0.15) is 53.1 Å². The lowest BCUT2D eigenvalue weighted by atomic mass is 9.89. The molecule has 0 saturated carbocycles. The van der Waals surface area contributed by atoms with Gasteiger partial charge >= 0.3 is 6.18 Å². The highest BCUT2D eigenvalue weighted by Gasteiger charge is 2.30. The summed E-state index contributed by atoms with van der Waals surface area (Å²) < 4.78 is 38.3. The number of unbranched alkanes of at least 4 members (excludes halogenated alkanes) is 1. The van der Waals surface area contributed by atoms with Crippen molar-refractivity contribution in [1.29, 1.82) is 0 Å². The van der Waals surface area contributed by atoms with Crippen LogP contribution in [0.3, 0.4) is 0 Å². The van der Waals surface area contributed by atoms with E-state index in [4.69, 9.17) is 0 Å². The van der Waals surface area contributed by atoms with E-state index >= 15 is 0 Å². The van der Waals surface area contributed by atoms with Crippen molar-refractivity contribution in [3.8, 4) is 11.1 Å². The van der Waals surface area contributed by atoms with E-state index in [1.165, 1.54) is 35.4 Å². The van der Waals surface area contributed by atoms with Gasteiger partial charge in [0.25, 0.3) is 5.91 Å². The minimum atomic E-state index is -4.35. The number of nitrogens with zero attached hydrogens (tertiary/aromatic N) is 1. The Hall–Kier alpha value is -2.77. The van der Waals surface area contributed by atoms with Crippen LogP contribution in [-0.2, 0) is 6.18 Å². The lowest BCUT2D eigenvalue weighted by Crippen LogP contribution is -2.34. The number of hydrogen-bond acceptors (Lipinski definition) is 3. The zero-order valence-electron chi connectivity index (χ0n) is 21.1. The molecule has 3 nitrogen and oxygen atoms in total.